The van der Waals surface area contributed by atoms with Gasteiger partial charge in [-0.05, 0) is 12.5 Å². The van der Waals surface area contributed by atoms with E-state index in [2.05, 4.69) is 0 Å². The van der Waals surface area contributed by atoms with E-state index in [0.29, 0.717) is 11.8 Å². The SMILES string of the molecule is CCOC(=O)[C@@H]1[C@@H](CC=O)[C@@H](C(=O)c2ccccc2)CN1C(=O)OCc1ccccc1. The van der Waals surface area contributed by atoms with E-state index in [1.165, 1.54) is 4.90 Å². The van der Waals surface area contributed by atoms with E-state index >= 15 is 0 Å². The highest BCUT2D eigenvalue weighted by Gasteiger charge is 2.51. The smallest absolute Gasteiger partial charge is 0.410 e. The highest BCUT2D eigenvalue weighted by atomic mass is 16.6. The molecule has 1 aliphatic heterocycles. The predicted octanol–water partition coefficient (Wildman–Crippen LogP) is 3.27. The predicted molar refractivity (Wildman–Crippen MR) is 112 cm³/mol. The molecule has 0 bridgehead atoms. The van der Waals surface area contributed by atoms with Crippen molar-refractivity contribution in [1.29, 1.82) is 0 Å². The van der Waals surface area contributed by atoms with Crippen molar-refractivity contribution in [2.45, 2.75) is 26.0 Å². The van der Waals surface area contributed by atoms with Crippen LogP contribution in [0.3, 0.4) is 0 Å². The van der Waals surface area contributed by atoms with Gasteiger partial charge in [-0.25, -0.2) is 9.59 Å². The Balaban J connectivity index is 1.86. The van der Waals surface area contributed by atoms with Crippen LogP contribution in [0, 0.1) is 11.8 Å². The average molecular weight is 423 g/mol. The third-order valence-corrected chi connectivity index (χ3v) is 5.38. The number of benzene rings is 2. The number of carbonyl (C=O) groups is 4. The summed E-state index contributed by atoms with van der Waals surface area (Å²) in [5.41, 5.74) is 1.26. The Bertz CT molecular complexity index is 914. The van der Waals surface area contributed by atoms with Crippen LogP contribution in [-0.2, 0) is 25.7 Å². The highest BCUT2D eigenvalue weighted by Crippen LogP contribution is 2.35. The van der Waals surface area contributed by atoms with Crippen LogP contribution in [-0.4, -0.2) is 48.2 Å². The molecule has 0 saturated carbocycles. The lowest BCUT2D eigenvalue weighted by atomic mass is 9.83. The number of aldehydes is 1. The molecule has 7 nitrogen and oxygen atoms in total. The molecule has 1 fully saturated rings. The molecule has 1 amide bonds. The number of Topliss-reactive ketones (excluding diaryl/α,β-unsaturated/α-hetero) is 1. The molecule has 3 rings (SSSR count). The number of ether oxygens (including phenoxy) is 2. The fourth-order valence-electron chi connectivity index (χ4n) is 3.93. The van der Waals surface area contributed by atoms with Gasteiger partial charge in [0.05, 0.1) is 6.61 Å². The molecule has 0 spiro atoms. The molecule has 0 N–H and O–H groups in total. The van der Waals surface area contributed by atoms with Crippen molar-refractivity contribution in [2.75, 3.05) is 13.2 Å². The van der Waals surface area contributed by atoms with Crippen LogP contribution < -0.4 is 0 Å². The Labute approximate surface area is 180 Å². The van der Waals surface area contributed by atoms with Gasteiger partial charge in [0.15, 0.2) is 5.78 Å². The first-order valence-electron chi connectivity index (χ1n) is 10.2. The molecule has 1 saturated heterocycles. The van der Waals surface area contributed by atoms with E-state index in [-0.39, 0.29) is 32.0 Å². The maximum atomic E-state index is 13.2. The Kier molecular flexibility index (Phi) is 7.54. The number of nitrogens with zero attached hydrogens (tertiary/aromatic N) is 1. The zero-order chi connectivity index (χ0) is 22.2. The van der Waals surface area contributed by atoms with Crippen molar-refractivity contribution in [1.82, 2.24) is 4.90 Å². The summed E-state index contributed by atoms with van der Waals surface area (Å²) in [5.74, 6) is -2.27. The normalized spacial score (nSPS) is 20.2. The van der Waals surface area contributed by atoms with E-state index in [9.17, 15) is 19.2 Å². The molecular formula is C24H25NO6. The van der Waals surface area contributed by atoms with Gasteiger partial charge in [-0.3, -0.25) is 9.69 Å². The number of amides is 1. The second-order valence-electron chi connectivity index (χ2n) is 7.29. The number of hydrogen-bond acceptors (Lipinski definition) is 6. The minimum atomic E-state index is -1.06. The molecule has 162 valence electrons. The number of rotatable bonds is 8. The molecule has 0 aromatic heterocycles. The van der Waals surface area contributed by atoms with Gasteiger partial charge >= 0.3 is 12.1 Å². The molecule has 2 aromatic rings. The molecule has 31 heavy (non-hydrogen) atoms. The van der Waals surface area contributed by atoms with Gasteiger partial charge in [0.1, 0.15) is 18.9 Å². The topological polar surface area (TPSA) is 90.0 Å². The molecule has 0 unspecified atom stereocenters. The molecule has 1 heterocycles. The van der Waals surface area contributed by atoms with Crippen molar-refractivity contribution in [3.63, 3.8) is 0 Å². The molecule has 1 aliphatic rings. The van der Waals surface area contributed by atoms with Crippen molar-refractivity contribution in [2.24, 2.45) is 11.8 Å². The first-order chi connectivity index (χ1) is 15.1. The zero-order valence-corrected chi connectivity index (χ0v) is 17.3. The van der Waals surface area contributed by atoms with Gasteiger partial charge < -0.3 is 14.3 Å². The van der Waals surface area contributed by atoms with E-state index < -0.39 is 29.9 Å². The largest absolute Gasteiger partial charge is 0.464 e. The number of ketones is 1. The summed E-state index contributed by atoms with van der Waals surface area (Å²) in [6.07, 6.45) is -0.1000. The lowest BCUT2D eigenvalue weighted by Gasteiger charge is -2.25. The molecule has 3 atom stereocenters. The summed E-state index contributed by atoms with van der Waals surface area (Å²) >= 11 is 0. The van der Waals surface area contributed by atoms with Gasteiger partial charge in [0.2, 0.25) is 0 Å². The van der Waals surface area contributed by atoms with Crippen molar-refractivity contribution in [3.05, 3.63) is 71.8 Å². The summed E-state index contributed by atoms with van der Waals surface area (Å²) in [7, 11) is 0. The van der Waals surface area contributed by atoms with E-state index in [4.69, 9.17) is 9.47 Å². The second kappa shape index (κ2) is 10.5. The molecule has 0 radical (unpaired) electrons. The highest BCUT2D eigenvalue weighted by molar-refractivity contribution is 6.00. The van der Waals surface area contributed by atoms with Gasteiger partial charge in [-0.1, -0.05) is 60.7 Å². The molecule has 7 heteroatoms. The van der Waals surface area contributed by atoms with Crippen LogP contribution in [0.5, 0.6) is 0 Å². The van der Waals surface area contributed by atoms with Crippen molar-refractivity contribution < 1.29 is 28.7 Å². The second-order valence-corrected chi connectivity index (χ2v) is 7.29. The quantitative estimate of drug-likeness (QED) is 0.368. The number of hydrogen-bond donors (Lipinski definition) is 0. The Morgan fingerprint density at radius 2 is 1.65 bits per heavy atom. The van der Waals surface area contributed by atoms with Crippen LogP contribution in [0.1, 0.15) is 29.3 Å². The summed E-state index contributed by atoms with van der Waals surface area (Å²) in [6, 6.07) is 16.7. The maximum Gasteiger partial charge on any atom is 0.410 e. The Hall–Kier alpha value is -3.48. The Morgan fingerprint density at radius 1 is 1.00 bits per heavy atom. The number of esters is 1. The van der Waals surface area contributed by atoms with Crippen molar-refractivity contribution >= 4 is 24.1 Å². The first-order valence-corrected chi connectivity index (χ1v) is 10.2. The molecule has 2 aromatic carbocycles. The minimum Gasteiger partial charge on any atom is -0.464 e. The minimum absolute atomic E-state index is 0.0245. The summed E-state index contributed by atoms with van der Waals surface area (Å²) in [4.78, 5) is 51.4. The summed E-state index contributed by atoms with van der Waals surface area (Å²) in [5, 5.41) is 0. The zero-order valence-electron chi connectivity index (χ0n) is 17.3. The van der Waals surface area contributed by atoms with Crippen LogP contribution >= 0.6 is 0 Å². The van der Waals surface area contributed by atoms with E-state index in [1.54, 1.807) is 37.3 Å². The fourth-order valence-corrected chi connectivity index (χ4v) is 3.93. The molecule has 0 aliphatic carbocycles. The lowest BCUT2D eigenvalue weighted by Crippen LogP contribution is -2.44. The third-order valence-electron chi connectivity index (χ3n) is 5.38. The van der Waals surface area contributed by atoms with E-state index in [0.717, 1.165) is 5.56 Å². The lowest BCUT2D eigenvalue weighted by molar-refractivity contribution is -0.149. The van der Waals surface area contributed by atoms with Crippen molar-refractivity contribution in [3.8, 4) is 0 Å². The summed E-state index contributed by atoms with van der Waals surface area (Å²) < 4.78 is 10.6. The van der Waals surface area contributed by atoms with Crippen LogP contribution in [0.15, 0.2) is 60.7 Å². The number of likely N-dealkylation sites (tertiary alicyclic amines) is 1. The van der Waals surface area contributed by atoms with Crippen LogP contribution in [0.4, 0.5) is 4.79 Å². The van der Waals surface area contributed by atoms with Gasteiger partial charge in [0.25, 0.3) is 0 Å². The van der Waals surface area contributed by atoms with E-state index in [1.807, 2.05) is 30.3 Å². The third kappa shape index (κ3) is 5.17. The average Bonchev–Trinajstić information content (AvgIpc) is 3.18. The maximum absolute atomic E-state index is 13.2. The monoisotopic (exact) mass is 423 g/mol. The fraction of sp³-hybridized carbons (Fsp3) is 0.333. The number of carbonyl (C=O) groups excluding carboxylic acids is 4. The summed E-state index contributed by atoms with van der Waals surface area (Å²) in [6.45, 7) is 1.78. The van der Waals surface area contributed by atoms with Gasteiger partial charge in [-0.15, -0.1) is 0 Å². The first kappa shape index (κ1) is 22.2. The Morgan fingerprint density at radius 3 is 2.26 bits per heavy atom. The van der Waals surface area contributed by atoms with Crippen LogP contribution in [0.25, 0.3) is 0 Å². The standard InChI is InChI=1S/C24H25NO6/c1-2-30-23(28)21-19(13-14-26)20(22(27)18-11-7-4-8-12-18)15-25(21)24(29)31-16-17-9-5-3-6-10-17/h3-12,14,19-21H,2,13,15-16H2,1H3/t19-,20-,21-/m0/s1. The van der Waals surface area contributed by atoms with Crippen LogP contribution in [0.2, 0.25) is 0 Å². The van der Waals surface area contributed by atoms with Gasteiger partial charge in [0, 0.05) is 30.4 Å². The van der Waals surface area contributed by atoms with Gasteiger partial charge in [-0.2, -0.15) is 0 Å². The molecular weight excluding hydrogens is 398 g/mol.